The third kappa shape index (κ3) is 3.80. The third-order valence-electron chi connectivity index (χ3n) is 6.78. The molecule has 2 heterocycles. The highest BCUT2D eigenvalue weighted by atomic mass is 16.5. The van der Waals surface area contributed by atoms with Crippen molar-refractivity contribution in [2.24, 2.45) is 7.05 Å². The van der Waals surface area contributed by atoms with Crippen molar-refractivity contribution >= 4 is 16.9 Å². The maximum atomic E-state index is 12.9. The number of carbonyl (C=O) groups is 1. The van der Waals surface area contributed by atoms with Gasteiger partial charge >= 0.3 is 0 Å². The molecular weight excluding hydrogens is 388 g/mol. The number of pyridine rings is 1. The lowest BCUT2D eigenvalue weighted by atomic mass is 9.71. The number of methoxy groups -OCH3 is 1. The molecule has 31 heavy (non-hydrogen) atoms. The van der Waals surface area contributed by atoms with Gasteiger partial charge in [-0.3, -0.25) is 4.79 Å². The van der Waals surface area contributed by atoms with Crippen molar-refractivity contribution in [3.63, 3.8) is 0 Å². The summed E-state index contributed by atoms with van der Waals surface area (Å²) in [7, 11) is 3.49. The molecule has 1 aromatic carbocycles. The number of hydrogen-bond acceptors (Lipinski definition) is 4. The number of hydrogen-bond donors (Lipinski definition) is 1. The SMILES string of the molecule is COc1nn(C)c2nc(C)c(CCC(=O)NC3CCC(C)(C)c4ccccc43)c(C)c12. The van der Waals surface area contributed by atoms with Crippen LogP contribution >= 0.6 is 0 Å². The number of fused-ring (bicyclic) bond motifs is 2. The predicted molar refractivity (Wildman–Crippen MR) is 122 cm³/mol. The lowest BCUT2D eigenvalue weighted by molar-refractivity contribution is -0.122. The average molecular weight is 421 g/mol. The van der Waals surface area contributed by atoms with Crippen molar-refractivity contribution in [3.05, 3.63) is 52.2 Å². The molecule has 1 atom stereocenters. The standard InChI is InChI=1S/C25H32N4O2/c1-15-17(16(2)26-23-22(15)24(31-6)28-29(23)5)11-12-21(30)27-20-13-14-25(3,4)19-10-8-7-9-18(19)20/h7-10,20H,11-14H2,1-6H3,(H,27,30). The Kier molecular flexibility index (Phi) is 5.50. The van der Waals surface area contributed by atoms with Crippen LogP contribution in [0.3, 0.4) is 0 Å². The van der Waals surface area contributed by atoms with Gasteiger partial charge in [-0.15, -0.1) is 5.10 Å². The first-order valence-electron chi connectivity index (χ1n) is 11.0. The Morgan fingerprint density at radius 2 is 2.03 bits per heavy atom. The van der Waals surface area contributed by atoms with Crippen LogP contribution < -0.4 is 10.1 Å². The van der Waals surface area contributed by atoms with Gasteiger partial charge in [-0.2, -0.15) is 0 Å². The van der Waals surface area contributed by atoms with Gasteiger partial charge in [0.25, 0.3) is 0 Å². The number of aromatic nitrogens is 3. The van der Waals surface area contributed by atoms with Crippen molar-refractivity contribution in [2.75, 3.05) is 7.11 Å². The summed E-state index contributed by atoms with van der Waals surface area (Å²) in [5, 5.41) is 8.62. The van der Waals surface area contributed by atoms with Crippen molar-refractivity contribution in [1.82, 2.24) is 20.1 Å². The molecule has 3 aromatic rings. The third-order valence-corrected chi connectivity index (χ3v) is 6.78. The molecule has 1 N–H and O–H groups in total. The highest BCUT2D eigenvalue weighted by Gasteiger charge is 2.32. The monoisotopic (exact) mass is 420 g/mol. The Hall–Kier alpha value is -2.89. The topological polar surface area (TPSA) is 69.0 Å². The molecule has 1 amide bonds. The first-order valence-corrected chi connectivity index (χ1v) is 11.0. The van der Waals surface area contributed by atoms with Crippen molar-refractivity contribution in [1.29, 1.82) is 0 Å². The zero-order valence-electron chi connectivity index (χ0n) is 19.4. The maximum Gasteiger partial charge on any atom is 0.242 e. The molecule has 0 spiro atoms. The van der Waals surface area contributed by atoms with E-state index in [9.17, 15) is 4.79 Å². The van der Waals surface area contributed by atoms with E-state index in [4.69, 9.17) is 9.72 Å². The Labute approximate surface area is 184 Å². The first-order chi connectivity index (χ1) is 14.7. The zero-order chi connectivity index (χ0) is 22.3. The van der Waals surface area contributed by atoms with Crippen LogP contribution in [0.1, 0.15) is 67.1 Å². The van der Waals surface area contributed by atoms with E-state index in [1.807, 2.05) is 14.0 Å². The van der Waals surface area contributed by atoms with Crippen LogP contribution in [0.5, 0.6) is 5.88 Å². The van der Waals surface area contributed by atoms with Crippen LogP contribution in [-0.2, 0) is 23.7 Å². The summed E-state index contributed by atoms with van der Waals surface area (Å²) in [5.41, 5.74) is 6.67. The quantitative estimate of drug-likeness (QED) is 0.662. The smallest absolute Gasteiger partial charge is 0.242 e. The fourth-order valence-corrected chi connectivity index (χ4v) is 4.97. The Balaban J connectivity index is 1.52. The van der Waals surface area contributed by atoms with Gasteiger partial charge in [0, 0.05) is 19.2 Å². The van der Waals surface area contributed by atoms with E-state index >= 15 is 0 Å². The zero-order valence-corrected chi connectivity index (χ0v) is 19.4. The molecule has 0 fully saturated rings. The van der Waals surface area contributed by atoms with E-state index in [1.165, 1.54) is 11.1 Å². The second-order valence-corrected chi connectivity index (χ2v) is 9.26. The molecule has 0 saturated heterocycles. The average Bonchev–Trinajstić information content (AvgIpc) is 3.06. The number of nitrogens with zero attached hydrogens (tertiary/aromatic N) is 3. The van der Waals surface area contributed by atoms with E-state index in [0.717, 1.165) is 40.7 Å². The second kappa shape index (κ2) is 7.98. The Bertz CT molecular complexity index is 1150. The molecule has 0 aliphatic heterocycles. The van der Waals surface area contributed by atoms with Crippen LogP contribution in [0.15, 0.2) is 24.3 Å². The lowest BCUT2D eigenvalue weighted by Gasteiger charge is -2.37. The van der Waals surface area contributed by atoms with Gasteiger partial charge in [0.15, 0.2) is 5.65 Å². The summed E-state index contributed by atoms with van der Waals surface area (Å²) in [6, 6.07) is 8.59. The number of nitrogens with one attached hydrogen (secondary N) is 1. The highest BCUT2D eigenvalue weighted by molar-refractivity contribution is 5.86. The minimum absolute atomic E-state index is 0.0801. The van der Waals surface area contributed by atoms with E-state index < -0.39 is 0 Å². The lowest BCUT2D eigenvalue weighted by Crippen LogP contribution is -2.35. The fourth-order valence-electron chi connectivity index (χ4n) is 4.97. The maximum absolute atomic E-state index is 12.9. The summed E-state index contributed by atoms with van der Waals surface area (Å²) in [6.45, 7) is 8.63. The summed E-state index contributed by atoms with van der Waals surface area (Å²) in [4.78, 5) is 17.6. The minimum atomic E-state index is 0.0801. The molecular formula is C25H32N4O2. The van der Waals surface area contributed by atoms with Gasteiger partial charge in [-0.1, -0.05) is 38.1 Å². The van der Waals surface area contributed by atoms with Crippen LogP contribution in [0.4, 0.5) is 0 Å². The number of carbonyl (C=O) groups excluding carboxylic acids is 1. The number of rotatable bonds is 5. The van der Waals surface area contributed by atoms with E-state index in [0.29, 0.717) is 18.7 Å². The van der Waals surface area contributed by atoms with Gasteiger partial charge in [0.1, 0.15) is 0 Å². The van der Waals surface area contributed by atoms with Gasteiger partial charge in [-0.05, 0) is 60.8 Å². The summed E-state index contributed by atoms with van der Waals surface area (Å²) < 4.78 is 7.19. The molecule has 6 heteroatoms. The fraction of sp³-hybridized carbons (Fsp3) is 0.480. The number of amides is 1. The van der Waals surface area contributed by atoms with Crippen LogP contribution in [0.25, 0.3) is 11.0 Å². The molecule has 0 saturated carbocycles. The molecule has 0 radical (unpaired) electrons. The molecule has 1 aliphatic carbocycles. The normalized spacial score (nSPS) is 17.4. The molecule has 0 bridgehead atoms. The van der Waals surface area contributed by atoms with Crippen molar-refractivity contribution in [2.45, 2.75) is 64.8 Å². The van der Waals surface area contributed by atoms with Crippen LogP contribution in [-0.4, -0.2) is 27.8 Å². The molecule has 6 nitrogen and oxygen atoms in total. The summed E-state index contributed by atoms with van der Waals surface area (Å²) in [6.07, 6.45) is 3.10. The van der Waals surface area contributed by atoms with Crippen molar-refractivity contribution in [3.8, 4) is 5.88 Å². The van der Waals surface area contributed by atoms with E-state index in [2.05, 4.69) is 55.5 Å². The van der Waals surface area contributed by atoms with Crippen LogP contribution in [0, 0.1) is 13.8 Å². The van der Waals surface area contributed by atoms with Gasteiger partial charge in [0.05, 0.1) is 18.5 Å². The minimum Gasteiger partial charge on any atom is -0.479 e. The Morgan fingerprint density at radius 3 is 2.77 bits per heavy atom. The second-order valence-electron chi connectivity index (χ2n) is 9.26. The highest BCUT2D eigenvalue weighted by Crippen LogP contribution is 2.41. The Morgan fingerprint density at radius 1 is 1.29 bits per heavy atom. The van der Waals surface area contributed by atoms with Crippen molar-refractivity contribution < 1.29 is 9.53 Å². The van der Waals surface area contributed by atoms with E-state index in [-0.39, 0.29) is 17.4 Å². The largest absolute Gasteiger partial charge is 0.479 e. The number of aryl methyl sites for hydroxylation is 3. The number of ether oxygens (including phenoxy) is 1. The van der Waals surface area contributed by atoms with Gasteiger partial charge in [-0.25, -0.2) is 9.67 Å². The molecule has 1 aliphatic rings. The summed E-state index contributed by atoms with van der Waals surface area (Å²) >= 11 is 0. The van der Waals surface area contributed by atoms with E-state index in [1.54, 1.807) is 11.8 Å². The molecule has 1 unspecified atom stereocenters. The number of benzene rings is 1. The first kappa shape index (κ1) is 21.3. The molecule has 164 valence electrons. The van der Waals surface area contributed by atoms with Gasteiger partial charge < -0.3 is 10.1 Å². The molecule has 4 rings (SSSR count). The summed E-state index contributed by atoms with van der Waals surface area (Å²) in [5.74, 6) is 0.659. The molecule has 2 aromatic heterocycles. The van der Waals surface area contributed by atoms with Gasteiger partial charge in [0.2, 0.25) is 11.8 Å². The van der Waals surface area contributed by atoms with Crippen LogP contribution in [0.2, 0.25) is 0 Å². The predicted octanol–water partition coefficient (Wildman–Crippen LogP) is 4.46.